The van der Waals surface area contributed by atoms with Crippen LogP contribution >= 0.6 is 0 Å². The first kappa shape index (κ1) is 33.6. The first-order chi connectivity index (χ1) is 28.8. The van der Waals surface area contributed by atoms with Crippen LogP contribution in [0.3, 0.4) is 0 Å². The predicted molar refractivity (Wildman–Crippen MR) is 245 cm³/mol. The molecule has 0 aliphatic rings. The highest BCUT2D eigenvalue weighted by atomic mass is 15.1. The molecule has 58 heavy (non-hydrogen) atoms. The molecule has 0 saturated heterocycles. The maximum absolute atomic E-state index is 5.36. The molecule has 272 valence electrons. The van der Waals surface area contributed by atoms with Gasteiger partial charge in [-0.15, -0.1) is 0 Å². The summed E-state index contributed by atoms with van der Waals surface area (Å²) in [6.45, 7) is 0. The van der Waals surface area contributed by atoms with Gasteiger partial charge in [0.2, 0.25) is 0 Å². The average Bonchev–Trinajstić information content (AvgIpc) is 3.65. The van der Waals surface area contributed by atoms with Crippen LogP contribution in [0.5, 0.6) is 0 Å². The molecular weight excluding hydrogens is 703 g/mol. The summed E-state index contributed by atoms with van der Waals surface area (Å²) in [7, 11) is 0. The van der Waals surface area contributed by atoms with Gasteiger partial charge in [0.05, 0.1) is 22.2 Å². The largest absolute Gasteiger partial charge is 0.311 e. The number of para-hydroxylation sites is 2. The second-order valence-electron chi connectivity index (χ2n) is 14.8. The molecular formula is C55H37N3. The lowest BCUT2D eigenvalue weighted by Gasteiger charge is -2.26. The van der Waals surface area contributed by atoms with Crippen LogP contribution in [-0.2, 0) is 0 Å². The molecule has 0 amide bonds. The van der Waals surface area contributed by atoms with E-state index in [1.807, 2.05) is 0 Å². The van der Waals surface area contributed by atoms with E-state index in [4.69, 9.17) is 4.98 Å². The van der Waals surface area contributed by atoms with Crippen molar-refractivity contribution in [2.75, 3.05) is 4.90 Å². The maximum Gasteiger partial charge on any atom is 0.0809 e. The lowest BCUT2D eigenvalue weighted by Crippen LogP contribution is -2.10. The van der Waals surface area contributed by atoms with Crippen LogP contribution in [-0.4, -0.2) is 9.55 Å². The van der Waals surface area contributed by atoms with E-state index in [-0.39, 0.29) is 0 Å². The molecule has 0 N–H and O–H groups in total. The summed E-state index contributed by atoms with van der Waals surface area (Å²) in [5.41, 5.74) is 14.5. The number of pyridine rings is 1. The van der Waals surface area contributed by atoms with E-state index in [9.17, 15) is 0 Å². The zero-order valence-electron chi connectivity index (χ0n) is 31.7. The van der Waals surface area contributed by atoms with Gasteiger partial charge in [0, 0.05) is 49.9 Å². The van der Waals surface area contributed by atoms with E-state index in [0.29, 0.717) is 0 Å². The normalized spacial score (nSPS) is 11.4. The second kappa shape index (κ2) is 14.1. The van der Waals surface area contributed by atoms with E-state index >= 15 is 0 Å². The van der Waals surface area contributed by atoms with E-state index in [2.05, 4.69) is 234 Å². The van der Waals surface area contributed by atoms with E-state index < -0.39 is 0 Å². The van der Waals surface area contributed by atoms with Crippen molar-refractivity contribution < 1.29 is 0 Å². The summed E-state index contributed by atoms with van der Waals surface area (Å²) >= 11 is 0. The standard InChI is InChI=1S/C55H37N3/c1-4-14-38(15-5-1)40-24-28-43(29-25-40)57(44-30-26-41(27-31-44)39-16-6-2-7-17-39)45-32-34-46(35-33-45)58-52-23-13-11-21-48(52)50-37-36-49-47-20-10-12-22-51(47)56-54(53(49)55(50)58)42-18-8-3-9-19-42/h1-37H. The molecule has 2 aromatic heterocycles. The molecule has 3 nitrogen and oxygen atoms in total. The van der Waals surface area contributed by atoms with Crippen molar-refractivity contribution in [1.82, 2.24) is 9.55 Å². The Morgan fingerprint density at radius 3 is 1.36 bits per heavy atom. The van der Waals surface area contributed by atoms with Crippen molar-refractivity contribution in [2.24, 2.45) is 0 Å². The Hall–Kier alpha value is -7.75. The Kier molecular flexibility index (Phi) is 8.15. The number of hydrogen-bond donors (Lipinski definition) is 0. The van der Waals surface area contributed by atoms with Gasteiger partial charge in [-0.3, -0.25) is 0 Å². The van der Waals surface area contributed by atoms with Crippen molar-refractivity contribution in [1.29, 1.82) is 0 Å². The molecule has 0 aliphatic heterocycles. The molecule has 0 unspecified atom stereocenters. The van der Waals surface area contributed by atoms with E-state index in [0.717, 1.165) is 61.3 Å². The Balaban J connectivity index is 1.10. The van der Waals surface area contributed by atoms with Crippen LogP contribution in [0.1, 0.15) is 0 Å². The smallest absolute Gasteiger partial charge is 0.0809 e. The predicted octanol–water partition coefficient (Wildman–Crippen LogP) is 15.0. The number of anilines is 3. The molecule has 0 bridgehead atoms. The van der Waals surface area contributed by atoms with Crippen molar-refractivity contribution >= 4 is 60.5 Å². The molecule has 11 rings (SSSR count). The highest BCUT2D eigenvalue weighted by Crippen LogP contribution is 2.43. The van der Waals surface area contributed by atoms with Crippen LogP contribution in [0.15, 0.2) is 224 Å². The summed E-state index contributed by atoms with van der Waals surface area (Å²) in [5, 5.41) is 5.93. The van der Waals surface area contributed by atoms with Gasteiger partial charge in [0.25, 0.3) is 0 Å². The summed E-state index contributed by atoms with van der Waals surface area (Å²) in [6, 6.07) is 80.4. The number of nitrogens with zero attached hydrogens (tertiary/aromatic N) is 3. The zero-order chi connectivity index (χ0) is 38.4. The average molecular weight is 740 g/mol. The topological polar surface area (TPSA) is 21.1 Å². The first-order valence-corrected chi connectivity index (χ1v) is 19.8. The molecule has 11 aromatic rings. The minimum absolute atomic E-state index is 0.990. The highest BCUT2D eigenvalue weighted by Gasteiger charge is 2.21. The molecule has 0 spiro atoms. The second-order valence-corrected chi connectivity index (χ2v) is 14.8. The van der Waals surface area contributed by atoms with Crippen LogP contribution in [0.4, 0.5) is 17.1 Å². The fraction of sp³-hybridized carbons (Fsp3) is 0. The number of rotatable bonds is 7. The number of hydrogen-bond acceptors (Lipinski definition) is 2. The van der Waals surface area contributed by atoms with Crippen molar-refractivity contribution in [3.05, 3.63) is 224 Å². The van der Waals surface area contributed by atoms with Crippen LogP contribution < -0.4 is 4.90 Å². The van der Waals surface area contributed by atoms with Gasteiger partial charge < -0.3 is 9.47 Å². The molecule has 0 fully saturated rings. The molecule has 0 atom stereocenters. The molecule has 2 heterocycles. The number of benzene rings is 9. The van der Waals surface area contributed by atoms with Crippen LogP contribution in [0, 0.1) is 0 Å². The van der Waals surface area contributed by atoms with Gasteiger partial charge in [-0.05, 0) is 88.3 Å². The van der Waals surface area contributed by atoms with Crippen molar-refractivity contribution in [3.63, 3.8) is 0 Å². The molecule has 0 radical (unpaired) electrons. The minimum atomic E-state index is 0.990. The quantitative estimate of drug-likeness (QED) is 0.152. The third-order valence-corrected chi connectivity index (χ3v) is 11.4. The fourth-order valence-corrected chi connectivity index (χ4v) is 8.64. The SMILES string of the molecule is c1ccc(-c2ccc(N(c3ccc(-c4ccccc4)cc3)c3ccc(-n4c5ccccc5c5ccc6c7ccccc7nc(-c7ccccc7)c6c54)cc3)cc2)cc1. The van der Waals surface area contributed by atoms with Gasteiger partial charge in [0.15, 0.2) is 0 Å². The third kappa shape index (κ3) is 5.72. The Bertz CT molecular complexity index is 3140. The summed E-state index contributed by atoms with van der Waals surface area (Å²) in [6.07, 6.45) is 0. The monoisotopic (exact) mass is 739 g/mol. The van der Waals surface area contributed by atoms with E-state index in [1.54, 1.807) is 0 Å². The molecule has 0 aliphatic carbocycles. The minimum Gasteiger partial charge on any atom is -0.311 e. The number of fused-ring (bicyclic) bond motifs is 7. The lowest BCUT2D eigenvalue weighted by atomic mass is 9.97. The molecule has 0 saturated carbocycles. The lowest BCUT2D eigenvalue weighted by molar-refractivity contribution is 1.18. The van der Waals surface area contributed by atoms with Crippen molar-refractivity contribution in [3.8, 4) is 39.2 Å². The maximum atomic E-state index is 5.36. The van der Waals surface area contributed by atoms with Crippen LogP contribution in [0.25, 0.3) is 82.7 Å². The summed E-state index contributed by atoms with van der Waals surface area (Å²) < 4.78 is 2.44. The van der Waals surface area contributed by atoms with Crippen molar-refractivity contribution in [2.45, 2.75) is 0 Å². The Morgan fingerprint density at radius 2 is 0.776 bits per heavy atom. The zero-order valence-corrected chi connectivity index (χ0v) is 31.7. The third-order valence-electron chi connectivity index (χ3n) is 11.4. The summed E-state index contributed by atoms with van der Waals surface area (Å²) in [4.78, 5) is 7.71. The number of aromatic nitrogens is 2. The Morgan fingerprint density at radius 1 is 0.328 bits per heavy atom. The van der Waals surface area contributed by atoms with Gasteiger partial charge in [-0.1, -0.05) is 164 Å². The first-order valence-electron chi connectivity index (χ1n) is 19.8. The van der Waals surface area contributed by atoms with Gasteiger partial charge in [0.1, 0.15) is 0 Å². The van der Waals surface area contributed by atoms with Gasteiger partial charge in [-0.25, -0.2) is 4.98 Å². The van der Waals surface area contributed by atoms with Crippen LogP contribution in [0.2, 0.25) is 0 Å². The Labute approximate surface area is 337 Å². The molecule has 9 aromatic carbocycles. The highest BCUT2D eigenvalue weighted by molar-refractivity contribution is 6.25. The van der Waals surface area contributed by atoms with Gasteiger partial charge >= 0.3 is 0 Å². The fourth-order valence-electron chi connectivity index (χ4n) is 8.64. The van der Waals surface area contributed by atoms with E-state index in [1.165, 1.54) is 38.4 Å². The van der Waals surface area contributed by atoms with Gasteiger partial charge in [-0.2, -0.15) is 0 Å². The summed E-state index contributed by atoms with van der Waals surface area (Å²) in [5.74, 6) is 0. The molecule has 3 heteroatoms.